The van der Waals surface area contributed by atoms with E-state index in [1.54, 1.807) is 0 Å². The van der Waals surface area contributed by atoms with Crippen molar-refractivity contribution in [2.45, 2.75) is 90.0 Å². The van der Waals surface area contributed by atoms with Crippen LogP contribution in [0.2, 0.25) is 0 Å². The number of hydrogen-bond donors (Lipinski definition) is 2. The van der Waals surface area contributed by atoms with Gasteiger partial charge in [-0.25, -0.2) is 4.79 Å². The van der Waals surface area contributed by atoms with Crippen LogP contribution < -0.4 is 15.5 Å². The van der Waals surface area contributed by atoms with Crippen LogP contribution in [-0.4, -0.2) is 22.6 Å². The fraction of sp³-hybridized carbons (Fsp3) is 0.455. The molecule has 1 saturated carbocycles. The van der Waals surface area contributed by atoms with Crippen LogP contribution in [-0.2, 0) is 19.1 Å². The number of alkyl halides is 3. The number of hydrogen-bond acceptors (Lipinski definition) is 3. The minimum atomic E-state index is -4.51. The quantitative estimate of drug-likeness (QED) is 0.317. The normalized spacial score (nSPS) is 21.1. The lowest BCUT2D eigenvalue weighted by molar-refractivity contribution is -0.141. The second-order valence-electron chi connectivity index (χ2n) is 12.6. The summed E-state index contributed by atoms with van der Waals surface area (Å²) < 4.78 is 38.9. The van der Waals surface area contributed by atoms with E-state index >= 15 is 0 Å². The Balaban J connectivity index is 1.49. The maximum Gasteiger partial charge on any atom is 0.433 e. The number of fused-ring (bicyclic) bond motifs is 1. The smallest absolute Gasteiger partial charge is 0.382 e. The number of pyridine rings is 1. The first kappa shape index (κ1) is 29.0. The molecular weight excluding hydrogens is 525 g/mol. The summed E-state index contributed by atoms with van der Waals surface area (Å²) in [5.41, 5.74) is 2.91. The molecule has 0 spiro atoms. The van der Waals surface area contributed by atoms with Gasteiger partial charge in [0.1, 0.15) is 5.69 Å². The topological polar surface area (TPSA) is 57.3 Å². The fourth-order valence-electron chi connectivity index (χ4n) is 6.43. The molecule has 2 aliphatic rings. The van der Waals surface area contributed by atoms with Crippen molar-refractivity contribution in [2.24, 2.45) is 5.41 Å². The highest BCUT2D eigenvalue weighted by Gasteiger charge is 2.56. The summed E-state index contributed by atoms with van der Waals surface area (Å²) in [6, 6.07) is 19.2. The fourth-order valence-corrected chi connectivity index (χ4v) is 6.43. The molecule has 5 nitrogen and oxygen atoms in total. The Morgan fingerprint density at radius 3 is 2.32 bits per heavy atom. The van der Waals surface area contributed by atoms with Crippen LogP contribution in [0.3, 0.4) is 0 Å². The van der Waals surface area contributed by atoms with Gasteiger partial charge in [-0.2, -0.15) is 13.2 Å². The van der Waals surface area contributed by atoms with Crippen LogP contribution in [0.4, 0.5) is 29.3 Å². The monoisotopic (exact) mass is 564 g/mol. The number of halogens is 3. The van der Waals surface area contributed by atoms with Crippen LogP contribution in [0.25, 0.3) is 0 Å². The molecule has 1 aliphatic heterocycles. The second-order valence-corrected chi connectivity index (χ2v) is 12.6. The summed E-state index contributed by atoms with van der Waals surface area (Å²) in [7, 11) is 0. The number of urea groups is 1. The van der Waals surface area contributed by atoms with Crippen molar-refractivity contribution in [1.29, 1.82) is 0 Å². The minimum absolute atomic E-state index is 0.0173. The molecule has 5 rings (SSSR count). The van der Waals surface area contributed by atoms with Crippen molar-refractivity contribution in [3.05, 3.63) is 89.2 Å². The van der Waals surface area contributed by atoms with Gasteiger partial charge in [0.25, 0.3) is 0 Å². The lowest BCUT2D eigenvalue weighted by Crippen LogP contribution is -2.60. The molecule has 8 heteroatoms. The SMILES string of the molecule is CC(C)(C)C1(C)C(Cc2ccccc2)c2cc(NC3CCCC3)ccc2N1C(=O)NCc1ccc(C(F)(F)F)nc1. The third kappa shape index (κ3) is 5.79. The lowest BCUT2D eigenvalue weighted by atomic mass is 9.65. The predicted molar refractivity (Wildman–Crippen MR) is 157 cm³/mol. The Morgan fingerprint density at radius 2 is 1.71 bits per heavy atom. The first-order chi connectivity index (χ1) is 19.4. The van der Waals surface area contributed by atoms with Crippen molar-refractivity contribution in [3.63, 3.8) is 0 Å². The van der Waals surface area contributed by atoms with Gasteiger partial charge < -0.3 is 10.6 Å². The number of aromatic nitrogens is 1. The zero-order valence-electron chi connectivity index (χ0n) is 24.2. The average molecular weight is 565 g/mol. The highest BCUT2D eigenvalue weighted by atomic mass is 19.4. The van der Waals surface area contributed by atoms with Crippen LogP contribution >= 0.6 is 0 Å². The Labute approximate surface area is 240 Å². The minimum Gasteiger partial charge on any atom is -0.382 e. The van der Waals surface area contributed by atoms with E-state index in [4.69, 9.17) is 0 Å². The predicted octanol–water partition coefficient (Wildman–Crippen LogP) is 8.32. The van der Waals surface area contributed by atoms with Crippen LogP contribution in [0, 0.1) is 5.41 Å². The summed E-state index contributed by atoms with van der Waals surface area (Å²) in [5.74, 6) is 0.0173. The molecular formula is C33H39F3N4O. The van der Waals surface area contributed by atoms with E-state index < -0.39 is 17.4 Å². The third-order valence-corrected chi connectivity index (χ3v) is 9.08. The Hall–Kier alpha value is -3.55. The average Bonchev–Trinajstić information content (AvgIpc) is 3.52. The third-order valence-electron chi connectivity index (χ3n) is 9.08. The first-order valence-corrected chi connectivity index (χ1v) is 14.4. The second kappa shape index (κ2) is 11.0. The molecule has 0 radical (unpaired) electrons. The standard InChI is InChI=1S/C33H39F3N4O/c1-31(2,3)32(4)27(18-22-10-6-5-7-11-22)26-19-25(39-24-12-8-9-13-24)15-16-28(26)40(32)30(41)38-21-23-14-17-29(37-20-23)33(34,35)36/h5-7,10-11,14-17,19-20,24,27,39H,8-9,12-13,18,21H2,1-4H3,(H,38,41). The van der Waals surface area contributed by atoms with Gasteiger partial charge in [0.2, 0.25) is 0 Å². The van der Waals surface area contributed by atoms with Gasteiger partial charge >= 0.3 is 12.2 Å². The summed E-state index contributed by atoms with van der Waals surface area (Å²) in [6.07, 6.45) is 2.24. The van der Waals surface area contributed by atoms with Crippen molar-refractivity contribution in [3.8, 4) is 0 Å². The summed E-state index contributed by atoms with van der Waals surface area (Å²) >= 11 is 0. The van der Waals surface area contributed by atoms with E-state index in [9.17, 15) is 18.0 Å². The summed E-state index contributed by atoms with van der Waals surface area (Å²) in [4.78, 5) is 19.5. The highest BCUT2D eigenvalue weighted by Crippen LogP contribution is 2.57. The van der Waals surface area contributed by atoms with E-state index in [0.29, 0.717) is 11.6 Å². The molecule has 2 atom stereocenters. The Bertz CT molecular complexity index is 1360. The van der Waals surface area contributed by atoms with E-state index in [1.807, 2.05) is 29.2 Å². The van der Waals surface area contributed by atoms with Crippen LogP contribution in [0.15, 0.2) is 66.9 Å². The molecule has 2 amide bonds. The van der Waals surface area contributed by atoms with Gasteiger partial charge in [0.05, 0.1) is 5.54 Å². The number of rotatable bonds is 6. The van der Waals surface area contributed by atoms with Crippen molar-refractivity contribution in [2.75, 3.05) is 10.2 Å². The summed E-state index contributed by atoms with van der Waals surface area (Å²) in [6.45, 7) is 8.71. The number of amides is 2. The first-order valence-electron chi connectivity index (χ1n) is 14.4. The largest absolute Gasteiger partial charge is 0.433 e. The van der Waals surface area contributed by atoms with E-state index in [-0.39, 0.29) is 23.9 Å². The number of carbonyl (C=O) groups excluding carboxylic acids is 1. The molecule has 2 heterocycles. The van der Waals surface area contributed by atoms with Crippen molar-refractivity contribution >= 4 is 17.4 Å². The molecule has 218 valence electrons. The van der Waals surface area contributed by atoms with Crippen molar-refractivity contribution < 1.29 is 18.0 Å². The van der Waals surface area contributed by atoms with Gasteiger partial charge in [0, 0.05) is 36.1 Å². The molecule has 1 aromatic heterocycles. The molecule has 2 aromatic carbocycles. The Morgan fingerprint density at radius 1 is 1.00 bits per heavy atom. The molecule has 2 N–H and O–H groups in total. The molecule has 3 aromatic rings. The van der Waals surface area contributed by atoms with E-state index in [0.717, 1.165) is 42.3 Å². The number of benzene rings is 2. The van der Waals surface area contributed by atoms with E-state index in [2.05, 4.69) is 67.6 Å². The molecule has 0 saturated heterocycles. The van der Waals surface area contributed by atoms with Crippen LogP contribution in [0.1, 0.15) is 81.7 Å². The number of nitrogens with one attached hydrogen (secondary N) is 2. The highest BCUT2D eigenvalue weighted by molar-refractivity contribution is 5.97. The number of nitrogens with zero attached hydrogens (tertiary/aromatic N) is 2. The Kier molecular flexibility index (Phi) is 7.79. The summed E-state index contributed by atoms with van der Waals surface area (Å²) in [5, 5.41) is 6.70. The van der Waals surface area contributed by atoms with Gasteiger partial charge in [-0.15, -0.1) is 0 Å². The molecule has 1 fully saturated rings. The van der Waals surface area contributed by atoms with E-state index in [1.165, 1.54) is 30.7 Å². The van der Waals surface area contributed by atoms with Gasteiger partial charge in [-0.05, 0) is 72.6 Å². The molecule has 2 unspecified atom stereocenters. The maximum atomic E-state index is 14.0. The lowest BCUT2D eigenvalue weighted by Gasteiger charge is -2.49. The number of anilines is 2. The zero-order valence-corrected chi connectivity index (χ0v) is 24.2. The maximum absolute atomic E-state index is 14.0. The van der Waals surface area contributed by atoms with Gasteiger partial charge in [-0.1, -0.05) is 70.0 Å². The van der Waals surface area contributed by atoms with Crippen molar-refractivity contribution in [1.82, 2.24) is 10.3 Å². The molecule has 1 aliphatic carbocycles. The van der Waals surface area contributed by atoms with Gasteiger partial charge in [0.15, 0.2) is 0 Å². The zero-order chi connectivity index (χ0) is 29.4. The number of carbonyl (C=O) groups is 1. The molecule has 0 bridgehead atoms. The molecule has 41 heavy (non-hydrogen) atoms. The van der Waals surface area contributed by atoms with Crippen LogP contribution in [0.5, 0.6) is 0 Å². The van der Waals surface area contributed by atoms with Gasteiger partial charge in [-0.3, -0.25) is 9.88 Å².